The molecule has 0 N–H and O–H groups in total. The lowest BCUT2D eigenvalue weighted by molar-refractivity contribution is 0.0670. The predicted octanol–water partition coefficient (Wildman–Crippen LogP) is 1.67. The second kappa shape index (κ2) is 7.56. The lowest BCUT2D eigenvalue weighted by Gasteiger charge is -2.17. The number of hydrogen-bond acceptors (Lipinski definition) is 3. The molecule has 2 rings (SSSR count). The van der Waals surface area contributed by atoms with Crippen molar-refractivity contribution >= 4 is 5.91 Å². The summed E-state index contributed by atoms with van der Waals surface area (Å²) in [5.41, 5.74) is 1.47. The first-order chi connectivity index (χ1) is 10.6. The minimum absolute atomic E-state index is 0.126. The Balaban J connectivity index is 1.81. The van der Waals surface area contributed by atoms with Crippen molar-refractivity contribution in [3.63, 3.8) is 0 Å². The minimum Gasteiger partial charge on any atom is -0.375 e. The Bertz CT molecular complexity index is 680. The van der Waals surface area contributed by atoms with Crippen LogP contribution in [0.2, 0.25) is 0 Å². The number of benzene rings is 1. The topological polar surface area (TPSA) is 51.5 Å². The molecule has 0 saturated heterocycles. The largest absolute Gasteiger partial charge is 0.375 e. The lowest BCUT2D eigenvalue weighted by Crippen LogP contribution is -2.31. The normalized spacial score (nSPS) is 10.5. The standard InChI is InChI=1S/C17H20N2O3/c1-18(10-11-22-13-14-6-4-3-5-7-14)17(21)15-8-9-16(20)19(2)12-15/h3-9,12H,10-11,13H2,1-2H3. The monoisotopic (exact) mass is 300 g/mol. The third-order valence-electron chi connectivity index (χ3n) is 3.36. The number of likely N-dealkylation sites (N-methyl/N-ethyl adjacent to an activating group) is 1. The molecule has 1 amide bonds. The number of rotatable bonds is 6. The van der Waals surface area contributed by atoms with Crippen LogP contribution >= 0.6 is 0 Å². The van der Waals surface area contributed by atoms with Crippen molar-refractivity contribution in [1.82, 2.24) is 9.47 Å². The van der Waals surface area contributed by atoms with Gasteiger partial charge in [0.2, 0.25) is 5.56 Å². The molecule has 0 saturated carbocycles. The van der Waals surface area contributed by atoms with Gasteiger partial charge in [0.25, 0.3) is 5.91 Å². The van der Waals surface area contributed by atoms with Crippen molar-refractivity contribution < 1.29 is 9.53 Å². The quantitative estimate of drug-likeness (QED) is 0.763. The van der Waals surface area contributed by atoms with Crippen LogP contribution < -0.4 is 5.56 Å². The molecule has 0 bridgehead atoms. The molecule has 0 atom stereocenters. The fourth-order valence-corrected chi connectivity index (χ4v) is 2.01. The van der Waals surface area contributed by atoms with E-state index in [0.29, 0.717) is 25.3 Å². The average molecular weight is 300 g/mol. The number of nitrogens with zero attached hydrogens (tertiary/aromatic N) is 2. The van der Waals surface area contributed by atoms with Gasteiger partial charge >= 0.3 is 0 Å². The van der Waals surface area contributed by atoms with Gasteiger partial charge in [0.05, 0.1) is 18.8 Å². The van der Waals surface area contributed by atoms with Gasteiger partial charge in [-0.15, -0.1) is 0 Å². The Hall–Kier alpha value is -2.40. The number of carbonyl (C=O) groups is 1. The number of hydrogen-bond donors (Lipinski definition) is 0. The Kier molecular flexibility index (Phi) is 5.49. The number of aryl methyl sites for hydroxylation is 1. The minimum atomic E-state index is -0.134. The van der Waals surface area contributed by atoms with Gasteiger partial charge in [0, 0.05) is 32.9 Å². The highest BCUT2D eigenvalue weighted by Gasteiger charge is 2.12. The van der Waals surface area contributed by atoms with E-state index in [1.807, 2.05) is 30.3 Å². The maximum absolute atomic E-state index is 12.2. The maximum Gasteiger partial charge on any atom is 0.255 e. The molecule has 0 fully saturated rings. The molecule has 1 aromatic heterocycles. The van der Waals surface area contributed by atoms with Crippen LogP contribution in [-0.4, -0.2) is 35.6 Å². The summed E-state index contributed by atoms with van der Waals surface area (Å²) < 4.78 is 6.97. The van der Waals surface area contributed by atoms with Crippen molar-refractivity contribution in [1.29, 1.82) is 0 Å². The Morgan fingerprint density at radius 1 is 1.18 bits per heavy atom. The molecule has 0 aliphatic rings. The molecular weight excluding hydrogens is 280 g/mol. The summed E-state index contributed by atoms with van der Waals surface area (Å²) in [6, 6.07) is 12.8. The number of carbonyl (C=O) groups excluding carboxylic acids is 1. The molecule has 0 aliphatic carbocycles. The molecule has 5 nitrogen and oxygen atoms in total. The Morgan fingerprint density at radius 2 is 1.91 bits per heavy atom. The summed E-state index contributed by atoms with van der Waals surface area (Å²) in [7, 11) is 3.35. The molecule has 1 aromatic carbocycles. The fourth-order valence-electron chi connectivity index (χ4n) is 2.01. The summed E-state index contributed by atoms with van der Waals surface area (Å²) in [6.45, 7) is 1.49. The van der Waals surface area contributed by atoms with Crippen LogP contribution in [0, 0.1) is 0 Å². The average Bonchev–Trinajstić information content (AvgIpc) is 2.54. The van der Waals surface area contributed by atoms with Gasteiger partial charge in [-0.05, 0) is 11.6 Å². The highest BCUT2D eigenvalue weighted by atomic mass is 16.5. The van der Waals surface area contributed by atoms with E-state index in [0.717, 1.165) is 5.56 Å². The summed E-state index contributed by atoms with van der Waals surface area (Å²) in [4.78, 5) is 25.1. The van der Waals surface area contributed by atoms with Crippen LogP contribution in [-0.2, 0) is 18.4 Å². The number of aromatic nitrogens is 1. The van der Waals surface area contributed by atoms with Crippen molar-refractivity contribution in [2.75, 3.05) is 20.2 Å². The lowest BCUT2D eigenvalue weighted by atomic mass is 10.2. The Morgan fingerprint density at radius 3 is 2.59 bits per heavy atom. The molecule has 0 aliphatic heterocycles. The highest BCUT2D eigenvalue weighted by Crippen LogP contribution is 2.03. The first-order valence-electron chi connectivity index (χ1n) is 7.12. The van der Waals surface area contributed by atoms with Gasteiger partial charge in [-0.2, -0.15) is 0 Å². The molecule has 0 unspecified atom stereocenters. The van der Waals surface area contributed by atoms with E-state index in [4.69, 9.17) is 4.74 Å². The summed E-state index contributed by atoms with van der Waals surface area (Å²) >= 11 is 0. The van der Waals surface area contributed by atoms with Crippen LogP contribution in [0.3, 0.4) is 0 Å². The number of pyridine rings is 1. The predicted molar refractivity (Wildman–Crippen MR) is 84.7 cm³/mol. The molecule has 5 heteroatoms. The van der Waals surface area contributed by atoms with E-state index in [-0.39, 0.29) is 11.5 Å². The third kappa shape index (κ3) is 4.30. The van der Waals surface area contributed by atoms with Crippen molar-refractivity contribution in [3.8, 4) is 0 Å². The van der Waals surface area contributed by atoms with E-state index in [1.165, 1.54) is 10.6 Å². The fraction of sp³-hybridized carbons (Fsp3) is 0.294. The number of ether oxygens (including phenoxy) is 1. The third-order valence-corrected chi connectivity index (χ3v) is 3.36. The van der Waals surface area contributed by atoms with Crippen LogP contribution in [0.25, 0.3) is 0 Å². The van der Waals surface area contributed by atoms with Crippen LogP contribution in [0.15, 0.2) is 53.5 Å². The van der Waals surface area contributed by atoms with Gasteiger partial charge in [0.15, 0.2) is 0 Å². The van der Waals surface area contributed by atoms with Crippen molar-refractivity contribution in [2.45, 2.75) is 6.61 Å². The highest BCUT2D eigenvalue weighted by molar-refractivity contribution is 5.93. The zero-order valence-electron chi connectivity index (χ0n) is 12.9. The van der Waals surface area contributed by atoms with Crippen LogP contribution in [0.4, 0.5) is 0 Å². The smallest absolute Gasteiger partial charge is 0.255 e. The molecule has 0 spiro atoms. The summed E-state index contributed by atoms with van der Waals surface area (Å²) in [5.74, 6) is -0.126. The molecule has 1 heterocycles. The van der Waals surface area contributed by atoms with Crippen LogP contribution in [0.1, 0.15) is 15.9 Å². The summed E-state index contributed by atoms with van der Waals surface area (Å²) in [5, 5.41) is 0. The Labute approximate surface area is 129 Å². The molecule has 22 heavy (non-hydrogen) atoms. The second-order valence-electron chi connectivity index (χ2n) is 5.13. The molecule has 116 valence electrons. The van der Waals surface area contributed by atoms with Gasteiger partial charge in [-0.3, -0.25) is 9.59 Å². The van der Waals surface area contributed by atoms with Gasteiger partial charge in [-0.1, -0.05) is 30.3 Å². The van der Waals surface area contributed by atoms with Crippen molar-refractivity contribution in [2.24, 2.45) is 7.05 Å². The van der Waals surface area contributed by atoms with E-state index < -0.39 is 0 Å². The molecule has 0 radical (unpaired) electrons. The van der Waals surface area contributed by atoms with Crippen molar-refractivity contribution in [3.05, 3.63) is 70.1 Å². The van der Waals surface area contributed by atoms with E-state index in [2.05, 4.69) is 0 Å². The first-order valence-corrected chi connectivity index (χ1v) is 7.12. The molecule has 2 aromatic rings. The zero-order chi connectivity index (χ0) is 15.9. The first kappa shape index (κ1) is 16.0. The second-order valence-corrected chi connectivity index (χ2v) is 5.13. The SMILES string of the molecule is CN(CCOCc1ccccc1)C(=O)c1ccc(=O)n(C)c1. The zero-order valence-corrected chi connectivity index (χ0v) is 12.9. The molecular formula is C17H20N2O3. The van der Waals surface area contributed by atoms with Gasteiger partial charge < -0.3 is 14.2 Å². The number of amides is 1. The van der Waals surface area contributed by atoms with Gasteiger partial charge in [0.1, 0.15) is 0 Å². The maximum atomic E-state index is 12.2. The van der Waals surface area contributed by atoms with E-state index in [9.17, 15) is 9.59 Å². The summed E-state index contributed by atoms with van der Waals surface area (Å²) in [6.07, 6.45) is 1.55. The van der Waals surface area contributed by atoms with E-state index >= 15 is 0 Å². The van der Waals surface area contributed by atoms with Gasteiger partial charge in [-0.25, -0.2) is 0 Å². The van der Waals surface area contributed by atoms with E-state index in [1.54, 1.807) is 31.3 Å². The van der Waals surface area contributed by atoms with Crippen LogP contribution in [0.5, 0.6) is 0 Å².